The molecule has 0 saturated heterocycles. The van der Waals surface area contributed by atoms with Crippen LogP contribution >= 0.6 is 22.7 Å². The molecule has 0 spiro atoms. The summed E-state index contributed by atoms with van der Waals surface area (Å²) in [6.45, 7) is 4.26. The van der Waals surface area contributed by atoms with Crippen molar-refractivity contribution in [3.63, 3.8) is 0 Å². The van der Waals surface area contributed by atoms with Crippen molar-refractivity contribution >= 4 is 146 Å². The SMILES string of the molecule is C/C=C\c1sc2ccc(-c3ccc4c(c3)c3c5oc6ccccc6c5ccc3n4-c3cc(C#N)c(-n4c5ccc(-c6ccc7sc8ccccc8c7c6)cc5c5c6oc7ccccc7c6ccc54)cc3C#N)cc2c1C. The molecule has 76 heavy (non-hydrogen) atoms. The third kappa shape index (κ3) is 5.94. The molecule has 0 bridgehead atoms. The van der Waals surface area contributed by atoms with Crippen LogP contribution in [-0.4, -0.2) is 9.13 Å². The maximum atomic E-state index is 11.4. The molecule has 16 aromatic rings. The fourth-order valence-electron chi connectivity index (χ4n) is 12.2. The summed E-state index contributed by atoms with van der Waals surface area (Å²) in [5, 5.41) is 34.5. The van der Waals surface area contributed by atoms with Crippen LogP contribution in [0.4, 0.5) is 0 Å². The molecule has 0 fully saturated rings. The zero-order chi connectivity index (χ0) is 50.5. The fraction of sp³-hybridized carbons (Fsp3) is 0.0294. The fourth-order valence-corrected chi connectivity index (χ4v) is 14.5. The minimum atomic E-state index is 0.421. The highest BCUT2D eigenvalue weighted by Crippen LogP contribution is 2.47. The second-order valence-electron chi connectivity index (χ2n) is 19.7. The van der Waals surface area contributed by atoms with E-state index in [0.717, 1.165) is 110 Å². The predicted molar refractivity (Wildman–Crippen MR) is 318 cm³/mol. The van der Waals surface area contributed by atoms with Crippen LogP contribution in [0.2, 0.25) is 0 Å². The van der Waals surface area contributed by atoms with Crippen molar-refractivity contribution in [1.29, 1.82) is 10.5 Å². The third-order valence-electron chi connectivity index (χ3n) is 15.7. The number of benzene rings is 10. The van der Waals surface area contributed by atoms with Crippen LogP contribution in [0.15, 0.2) is 197 Å². The number of furan rings is 2. The van der Waals surface area contributed by atoms with Gasteiger partial charge in [0.05, 0.1) is 55.3 Å². The maximum absolute atomic E-state index is 11.4. The van der Waals surface area contributed by atoms with Crippen LogP contribution in [-0.2, 0) is 0 Å². The topological polar surface area (TPSA) is 83.7 Å². The Morgan fingerprint density at radius 3 is 1.41 bits per heavy atom. The van der Waals surface area contributed by atoms with Crippen molar-refractivity contribution in [3.05, 3.63) is 210 Å². The van der Waals surface area contributed by atoms with Crippen LogP contribution in [0, 0.1) is 29.6 Å². The number of nitriles is 2. The molecule has 6 nitrogen and oxygen atoms in total. The summed E-state index contributed by atoms with van der Waals surface area (Å²) in [4.78, 5) is 1.27. The summed E-state index contributed by atoms with van der Waals surface area (Å²) in [5.74, 6) is 0. The Morgan fingerprint density at radius 2 is 0.868 bits per heavy atom. The van der Waals surface area contributed by atoms with Crippen molar-refractivity contribution in [2.24, 2.45) is 0 Å². The molecule has 8 heteroatoms. The van der Waals surface area contributed by atoms with Crippen molar-refractivity contribution in [3.8, 4) is 45.8 Å². The molecule has 0 aliphatic carbocycles. The van der Waals surface area contributed by atoms with Gasteiger partial charge in [-0.05, 0) is 156 Å². The number of thiophene rings is 2. The number of allylic oxidation sites excluding steroid dienone is 1. The van der Waals surface area contributed by atoms with E-state index in [1.54, 1.807) is 0 Å². The third-order valence-corrected chi connectivity index (χ3v) is 18.1. The van der Waals surface area contributed by atoms with Crippen molar-refractivity contribution in [1.82, 2.24) is 9.13 Å². The molecule has 6 heterocycles. The van der Waals surface area contributed by atoms with Gasteiger partial charge < -0.3 is 18.0 Å². The highest BCUT2D eigenvalue weighted by atomic mass is 32.1. The monoisotopic (exact) mass is 1010 g/mol. The molecule has 0 unspecified atom stereocenters. The molecule has 16 rings (SSSR count). The van der Waals surface area contributed by atoms with E-state index in [4.69, 9.17) is 8.83 Å². The molecule has 0 saturated carbocycles. The lowest BCUT2D eigenvalue weighted by molar-refractivity contribution is 0.672. The minimum absolute atomic E-state index is 0.421. The van der Waals surface area contributed by atoms with Gasteiger partial charge in [0.25, 0.3) is 0 Å². The largest absolute Gasteiger partial charge is 0.455 e. The van der Waals surface area contributed by atoms with Gasteiger partial charge in [-0.2, -0.15) is 10.5 Å². The number of para-hydroxylation sites is 2. The Labute approximate surface area is 441 Å². The summed E-state index contributed by atoms with van der Waals surface area (Å²) in [6.07, 6.45) is 4.28. The number of fused-ring (bicyclic) bond motifs is 18. The minimum Gasteiger partial charge on any atom is -0.455 e. The van der Waals surface area contributed by atoms with E-state index >= 15 is 0 Å². The molecule has 0 radical (unpaired) electrons. The quantitative estimate of drug-likeness (QED) is 0.172. The zero-order valence-electron chi connectivity index (χ0n) is 40.9. The lowest BCUT2D eigenvalue weighted by Crippen LogP contribution is -2.04. The van der Waals surface area contributed by atoms with Crippen LogP contribution in [0.5, 0.6) is 0 Å². The molecule has 0 atom stereocenters. The summed E-state index contributed by atoms with van der Waals surface area (Å²) in [6, 6.07) is 69.0. The predicted octanol–water partition coefficient (Wildman–Crippen LogP) is 19.7. The average Bonchev–Trinajstić information content (AvgIpc) is 4.34. The normalized spacial score (nSPS) is 12.3. The van der Waals surface area contributed by atoms with Crippen LogP contribution in [0.3, 0.4) is 0 Å². The highest BCUT2D eigenvalue weighted by molar-refractivity contribution is 7.25. The van der Waals surface area contributed by atoms with Gasteiger partial charge in [-0.3, -0.25) is 0 Å². The summed E-state index contributed by atoms with van der Waals surface area (Å²) < 4.78 is 21.6. The van der Waals surface area contributed by atoms with Crippen molar-refractivity contribution in [2.75, 3.05) is 0 Å². The standard InChI is InChI=1S/C68H38N4O2S2/c1-3-10-61-37(2)49-29-40(19-27-63(49)75-61)38-17-23-53-51(31-38)65-55(25-21-47-44-11-4-7-14-59(44)73-67(47)65)71(53)57-33-43(36-70)58(34-42(57)35-69)72-54-24-18-39(41-20-28-64-50(30-41)46-13-6-9-16-62(46)76-64)32-52(54)66-56(72)26-22-48-45-12-5-8-15-60(45)74-68(48)66/h3-34H,1-2H3/b10-3-. The first-order valence-electron chi connectivity index (χ1n) is 25.3. The Hall–Kier alpha value is -9.70. The van der Waals surface area contributed by atoms with E-state index in [1.165, 1.54) is 40.7 Å². The smallest absolute Gasteiger partial charge is 0.145 e. The van der Waals surface area contributed by atoms with Gasteiger partial charge in [-0.1, -0.05) is 84.9 Å². The van der Waals surface area contributed by atoms with E-state index in [2.05, 4.69) is 181 Å². The van der Waals surface area contributed by atoms with Gasteiger partial charge in [0.15, 0.2) is 0 Å². The Kier molecular flexibility index (Phi) is 8.95. The Morgan fingerprint density at radius 1 is 0.421 bits per heavy atom. The number of rotatable bonds is 5. The lowest BCUT2D eigenvalue weighted by Gasteiger charge is -2.16. The van der Waals surface area contributed by atoms with E-state index in [0.29, 0.717) is 22.5 Å². The van der Waals surface area contributed by atoms with E-state index in [-0.39, 0.29) is 0 Å². The number of aromatic nitrogens is 2. The van der Waals surface area contributed by atoms with Crippen LogP contribution in [0.25, 0.3) is 157 Å². The van der Waals surface area contributed by atoms with Crippen molar-refractivity contribution in [2.45, 2.75) is 13.8 Å². The molecule has 0 amide bonds. The summed E-state index contributed by atoms with van der Waals surface area (Å²) >= 11 is 3.62. The zero-order valence-corrected chi connectivity index (χ0v) is 42.5. The molecule has 0 aliphatic rings. The molecular formula is C68H38N4O2S2. The van der Waals surface area contributed by atoms with Crippen LogP contribution in [0.1, 0.15) is 28.5 Å². The molecule has 6 aromatic heterocycles. The highest BCUT2D eigenvalue weighted by Gasteiger charge is 2.26. The van der Waals surface area contributed by atoms with Gasteiger partial charge in [0.1, 0.15) is 34.5 Å². The van der Waals surface area contributed by atoms with E-state index in [1.807, 2.05) is 71.2 Å². The molecule has 0 N–H and O–H groups in total. The first-order valence-corrected chi connectivity index (χ1v) is 26.9. The van der Waals surface area contributed by atoms with Crippen LogP contribution < -0.4 is 0 Å². The summed E-state index contributed by atoms with van der Waals surface area (Å²) in [7, 11) is 0. The Balaban J connectivity index is 0.935. The molecule has 10 aromatic carbocycles. The first kappa shape index (κ1) is 42.8. The first-order chi connectivity index (χ1) is 37.4. The van der Waals surface area contributed by atoms with Gasteiger partial charge in [0.2, 0.25) is 0 Å². The summed E-state index contributed by atoms with van der Waals surface area (Å²) in [5.41, 5.74) is 14.4. The molecular weight excluding hydrogens is 969 g/mol. The van der Waals surface area contributed by atoms with Gasteiger partial charge in [-0.25, -0.2) is 0 Å². The van der Waals surface area contributed by atoms with Crippen molar-refractivity contribution < 1.29 is 8.83 Å². The second kappa shape index (κ2) is 15.9. The lowest BCUT2D eigenvalue weighted by atomic mass is 10.00. The van der Waals surface area contributed by atoms with Gasteiger partial charge >= 0.3 is 0 Å². The number of hydrogen-bond donors (Lipinski definition) is 0. The number of aryl methyl sites for hydroxylation is 1. The number of nitrogens with zero attached hydrogens (tertiary/aromatic N) is 4. The van der Waals surface area contributed by atoms with Gasteiger partial charge in [-0.15, -0.1) is 22.7 Å². The molecule has 0 aliphatic heterocycles. The maximum Gasteiger partial charge on any atom is 0.145 e. The average molecular weight is 1010 g/mol. The van der Waals surface area contributed by atoms with E-state index in [9.17, 15) is 10.5 Å². The molecule has 354 valence electrons. The van der Waals surface area contributed by atoms with Gasteiger partial charge in [0, 0.05) is 62.1 Å². The van der Waals surface area contributed by atoms with E-state index < -0.39 is 0 Å². The second-order valence-corrected chi connectivity index (χ2v) is 21.9. The Bertz CT molecular complexity index is 5360. The number of hydrogen-bond acceptors (Lipinski definition) is 6.